The summed E-state index contributed by atoms with van der Waals surface area (Å²) in [5.74, 6) is -0.0685. The smallest absolute Gasteiger partial charge is 0.255 e. The molecule has 4 rings (SSSR count). The van der Waals surface area contributed by atoms with Crippen molar-refractivity contribution in [2.75, 3.05) is 6.54 Å². The van der Waals surface area contributed by atoms with Gasteiger partial charge in [0.05, 0.1) is 16.9 Å². The van der Waals surface area contributed by atoms with Crippen molar-refractivity contribution in [3.05, 3.63) is 95.2 Å². The third kappa shape index (κ3) is 4.13. The molecule has 4 heteroatoms. The highest BCUT2D eigenvalue weighted by Crippen LogP contribution is 2.28. The molecule has 0 saturated carbocycles. The zero-order valence-electron chi connectivity index (χ0n) is 17.6. The van der Waals surface area contributed by atoms with Crippen molar-refractivity contribution in [2.45, 2.75) is 33.1 Å². The fourth-order valence-corrected chi connectivity index (χ4v) is 3.96. The molecular weight excluding hydrogens is 370 g/mol. The molecule has 1 aliphatic rings. The second-order valence-corrected chi connectivity index (χ2v) is 7.61. The van der Waals surface area contributed by atoms with Gasteiger partial charge in [0.15, 0.2) is 0 Å². The molecule has 0 fully saturated rings. The largest absolute Gasteiger partial charge is 0.348 e. The van der Waals surface area contributed by atoms with E-state index in [1.165, 1.54) is 11.1 Å². The van der Waals surface area contributed by atoms with Crippen molar-refractivity contribution in [3.63, 3.8) is 0 Å². The number of amides is 1. The lowest BCUT2D eigenvalue weighted by Gasteiger charge is -2.13. The summed E-state index contributed by atoms with van der Waals surface area (Å²) in [5.41, 5.74) is 6.74. The number of aromatic nitrogens is 2. The van der Waals surface area contributed by atoms with Crippen LogP contribution in [0.25, 0.3) is 16.9 Å². The molecular formula is C26H27N3O. The Morgan fingerprint density at radius 3 is 2.43 bits per heavy atom. The molecule has 0 unspecified atom stereocenters. The van der Waals surface area contributed by atoms with Crippen LogP contribution in [0.1, 0.15) is 42.7 Å². The normalized spacial score (nSPS) is 13.5. The van der Waals surface area contributed by atoms with Crippen molar-refractivity contribution < 1.29 is 4.79 Å². The zero-order valence-corrected chi connectivity index (χ0v) is 17.6. The predicted octanol–water partition coefficient (Wildman–Crippen LogP) is 5.50. The molecule has 0 spiro atoms. The SMILES string of the molecule is CCc1c(C(=O)NCC2=CC(C)=CCC2)c(-c2ccccc2)nn1-c1ccccc1. The van der Waals surface area contributed by atoms with Crippen LogP contribution in [0.5, 0.6) is 0 Å². The first-order chi connectivity index (χ1) is 14.7. The molecule has 1 amide bonds. The molecule has 1 aliphatic carbocycles. The Morgan fingerprint density at radius 2 is 1.77 bits per heavy atom. The lowest BCUT2D eigenvalue weighted by atomic mass is 10.00. The fraction of sp³-hybridized carbons (Fsp3) is 0.231. The van der Waals surface area contributed by atoms with Crippen molar-refractivity contribution in [1.82, 2.24) is 15.1 Å². The van der Waals surface area contributed by atoms with Crippen LogP contribution >= 0.6 is 0 Å². The maximum absolute atomic E-state index is 13.4. The zero-order chi connectivity index (χ0) is 20.9. The summed E-state index contributed by atoms with van der Waals surface area (Å²) in [6.45, 7) is 4.74. The standard InChI is InChI=1S/C26H27N3O/c1-3-23-24(26(30)27-18-20-12-10-11-19(2)17-20)25(21-13-6-4-7-14-21)28-29(23)22-15-8-5-9-16-22/h4-9,11,13-17H,3,10,12,18H2,1-2H3,(H,27,30). The van der Waals surface area contributed by atoms with E-state index in [1.54, 1.807) is 0 Å². The number of allylic oxidation sites excluding steroid dienone is 3. The van der Waals surface area contributed by atoms with E-state index in [2.05, 4.69) is 31.3 Å². The maximum Gasteiger partial charge on any atom is 0.255 e. The van der Waals surface area contributed by atoms with Crippen LogP contribution < -0.4 is 5.32 Å². The van der Waals surface area contributed by atoms with E-state index < -0.39 is 0 Å². The number of benzene rings is 2. The summed E-state index contributed by atoms with van der Waals surface area (Å²) in [5, 5.41) is 8.03. The Morgan fingerprint density at radius 1 is 1.07 bits per heavy atom. The second kappa shape index (κ2) is 8.95. The van der Waals surface area contributed by atoms with Gasteiger partial charge in [-0.2, -0.15) is 5.10 Å². The average Bonchev–Trinajstić information content (AvgIpc) is 3.18. The molecule has 2 aromatic carbocycles. The van der Waals surface area contributed by atoms with Crippen LogP contribution in [0.4, 0.5) is 0 Å². The molecule has 0 aliphatic heterocycles. The molecule has 1 N–H and O–H groups in total. The van der Waals surface area contributed by atoms with E-state index in [0.717, 1.165) is 35.5 Å². The number of hydrogen-bond acceptors (Lipinski definition) is 2. The minimum Gasteiger partial charge on any atom is -0.348 e. The van der Waals surface area contributed by atoms with E-state index in [9.17, 15) is 4.79 Å². The molecule has 152 valence electrons. The summed E-state index contributed by atoms with van der Waals surface area (Å²) < 4.78 is 1.91. The Kier molecular flexibility index (Phi) is 5.94. The lowest BCUT2D eigenvalue weighted by molar-refractivity contribution is 0.0956. The fourth-order valence-electron chi connectivity index (χ4n) is 3.96. The van der Waals surface area contributed by atoms with Crippen LogP contribution in [0.2, 0.25) is 0 Å². The summed E-state index contributed by atoms with van der Waals surface area (Å²) in [4.78, 5) is 13.4. The Balaban J connectivity index is 1.74. The minimum absolute atomic E-state index is 0.0685. The van der Waals surface area contributed by atoms with E-state index in [1.807, 2.05) is 65.3 Å². The molecule has 4 nitrogen and oxygen atoms in total. The van der Waals surface area contributed by atoms with Crippen LogP contribution in [0.3, 0.4) is 0 Å². The van der Waals surface area contributed by atoms with Gasteiger partial charge < -0.3 is 5.32 Å². The van der Waals surface area contributed by atoms with E-state index in [4.69, 9.17) is 5.10 Å². The first-order valence-electron chi connectivity index (χ1n) is 10.5. The topological polar surface area (TPSA) is 46.9 Å². The molecule has 0 saturated heterocycles. The summed E-state index contributed by atoms with van der Waals surface area (Å²) in [6, 6.07) is 19.9. The van der Waals surface area contributed by atoms with E-state index >= 15 is 0 Å². The average molecular weight is 398 g/mol. The van der Waals surface area contributed by atoms with Crippen molar-refractivity contribution in [3.8, 4) is 16.9 Å². The molecule has 0 radical (unpaired) electrons. The monoisotopic (exact) mass is 397 g/mol. The van der Waals surface area contributed by atoms with Crippen LogP contribution in [0, 0.1) is 0 Å². The van der Waals surface area contributed by atoms with Gasteiger partial charge in [-0.1, -0.05) is 78.8 Å². The van der Waals surface area contributed by atoms with Gasteiger partial charge in [0.25, 0.3) is 5.91 Å². The van der Waals surface area contributed by atoms with Crippen molar-refractivity contribution in [2.24, 2.45) is 0 Å². The number of nitrogens with zero attached hydrogens (tertiary/aromatic N) is 2. The predicted molar refractivity (Wildman–Crippen MR) is 122 cm³/mol. The first kappa shape index (κ1) is 19.9. The molecule has 3 aromatic rings. The quantitative estimate of drug-likeness (QED) is 0.597. The Labute approximate surface area is 177 Å². The highest BCUT2D eigenvalue weighted by atomic mass is 16.1. The van der Waals surface area contributed by atoms with Crippen molar-refractivity contribution >= 4 is 5.91 Å². The van der Waals surface area contributed by atoms with Crippen LogP contribution in [0.15, 0.2) is 84.0 Å². The minimum atomic E-state index is -0.0685. The highest BCUT2D eigenvalue weighted by molar-refractivity contribution is 6.01. The van der Waals surface area contributed by atoms with Gasteiger partial charge in [0.2, 0.25) is 0 Å². The number of rotatable bonds is 6. The van der Waals surface area contributed by atoms with Gasteiger partial charge >= 0.3 is 0 Å². The molecule has 30 heavy (non-hydrogen) atoms. The van der Waals surface area contributed by atoms with Gasteiger partial charge in [-0.15, -0.1) is 0 Å². The first-order valence-corrected chi connectivity index (χ1v) is 10.5. The molecule has 0 atom stereocenters. The van der Waals surface area contributed by atoms with Gasteiger partial charge in [0, 0.05) is 12.1 Å². The van der Waals surface area contributed by atoms with Gasteiger partial charge in [-0.05, 0) is 38.3 Å². The van der Waals surface area contributed by atoms with E-state index in [0.29, 0.717) is 18.5 Å². The third-order valence-electron chi connectivity index (χ3n) is 5.43. The number of nitrogens with one attached hydrogen (secondary N) is 1. The maximum atomic E-state index is 13.4. The summed E-state index contributed by atoms with van der Waals surface area (Å²) in [7, 11) is 0. The van der Waals surface area contributed by atoms with Crippen LogP contribution in [-0.2, 0) is 6.42 Å². The second-order valence-electron chi connectivity index (χ2n) is 7.61. The lowest BCUT2D eigenvalue weighted by Crippen LogP contribution is -2.27. The Bertz CT molecular complexity index is 1090. The summed E-state index contributed by atoms with van der Waals surface area (Å²) in [6.07, 6.45) is 7.15. The van der Waals surface area contributed by atoms with Crippen LogP contribution in [-0.4, -0.2) is 22.2 Å². The Hall–Kier alpha value is -3.40. The van der Waals surface area contributed by atoms with Gasteiger partial charge in [-0.25, -0.2) is 4.68 Å². The number of carbonyl (C=O) groups excluding carboxylic acids is 1. The molecule has 1 aromatic heterocycles. The molecule has 0 bridgehead atoms. The number of hydrogen-bond donors (Lipinski definition) is 1. The van der Waals surface area contributed by atoms with E-state index in [-0.39, 0.29) is 5.91 Å². The number of carbonyl (C=O) groups is 1. The van der Waals surface area contributed by atoms with Crippen molar-refractivity contribution in [1.29, 1.82) is 0 Å². The number of para-hydroxylation sites is 1. The third-order valence-corrected chi connectivity index (χ3v) is 5.43. The van der Waals surface area contributed by atoms with Gasteiger partial charge in [-0.3, -0.25) is 4.79 Å². The highest BCUT2D eigenvalue weighted by Gasteiger charge is 2.24. The van der Waals surface area contributed by atoms with Gasteiger partial charge in [0.1, 0.15) is 5.69 Å². The molecule has 1 heterocycles. The summed E-state index contributed by atoms with van der Waals surface area (Å²) >= 11 is 0.